The van der Waals surface area contributed by atoms with Crippen molar-refractivity contribution in [2.75, 3.05) is 5.75 Å². The molecule has 80 valence electrons. The van der Waals surface area contributed by atoms with Crippen LogP contribution in [0.15, 0.2) is 24.4 Å². The molecule has 3 nitrogen and oxygen atoms in total. The van der Waals surface area contributed by atoms with E-state index >= 15 is 0 Å². The van der Waals surface area contributed by atoms with Crippen LogP contribution < -0.4 is 0 Å². The second kappa shape index (κ2) is 4.86. The van der Waals surface area contributed by atoms with E-state index in [1.807, 2.05) is 18.2 Å². The van der Waals surface area contributed by atoms with Crippen LogP contribution in [0.4, 0.5) is 0 Å². The first-order valence-corrected chi connectivity index (χ1v) is 5.79. The minimum Gasteiger partial charge on any atom is -0.288 e. The molecule has 1 aromatic carbocycles. The summed E-state index contributed by atoms with van der Waals surface area (Å²) in [5.74, 6) is 6.51. The summed E-state index contributed by atoms with van der Waals surface area (Å²) in [7, 11) is 0. The Bertz CT molecular complexity index is 577. The van der Waals surface area contributed by atoms with Gasteiger partial charge in [0.15, 0.2) is 5.12 Å². The van der Waals surface area contributed by atoms with Gasteiger partial charge in [0, 0.05) is 17.9 Å². The van der Waals surface area contributed by atoms with E-state index < -0.39 is 0 Å². The van der Waals surface area contributed by atoms with Gasteiger partial charge in [-0.15, -0.1) is 0 Å². The lowest BCUT2D eigenvalue weighted by atomic mass is 10.2. The van der Waals surface area contributed by atoms with Crippen molar-refractivity contribution in [3.63, 3.8) is 0 Å². The number of hydrogen-bond acceptors (Lipinski definition) is 3. The number of carbonyl (C=O) groups is 1. The first-order valence-electron chi connectivity index (χ1n) is 4.81. The molecule has 0 radical (unpaired) electrons. The fourth-order valence-electron chi connectivity index (χ4n) is 1.30. The van der Waals surface area contributed by atoms with Crippen LogP contribution in [0.3, 0.4) is 0 Å². The van der Waals surface area contributed by atoms with Crippen molar-refractivity contribution in [2.24, 2.45) is 0 Å². The molecule has 0 spiro atoms. The van der Waals surface area contributed by atoms with Gasteiger partial charge in [-0.1, -0.05) is 23.6 Å². The van der Waals surface area contributed by atoms with E-state index in [4.69, 9.17) is 0 Å². The van der Waals surface area contributed by atoms with Crippen molar-refractivity contribution in [1.82, 2.24) is 10.2 Å². The van der Waals surface area contributed by atoms with Crippen molar-refractivity contribution < 1.29 is 4.79 Å². The van der Waals surface area contributed by atoms with E-state index in [9.17, 15) is 4.79 Å². The summed E-state index contributed by atoms with van der Waals surface area (Å²) in [6, 6.07) is 5.86. The summed E-state index contributed by atoms with van der Waals surface area (Å²) < 4.78 is 0. The maximum atomic E-state index is 10.7. The van der Waals surface area contributed by atoms with Gasteiger partial charge in [-0.3, -0.25) is 9.89 Å². The van der Waals surface area contributed by atoms with Gasteiger partial charge in [-0.2, -0.15) is 5.10 Å². The predicted molar refractivity (Wildman–Crippen MR) is 66.1 cm³/mol. The Hall–Kier alpha value is -1.73. The average molecular weight is 230 g/mol. The molecule has 0 fully saturated rings. The lowest BCUT2D eigenvalue weighted by molar-refractivity contribution is -0.109. The smallest absolute Gasteiger partial charge is 0.186 e. The number of aromatic nitrogens is 2. The summed E-state index contributed by atoms with van der Waals surface area (Å²) in [5, 5.41) is 7.97. The van der Waals surface area contributed by atoms with Gasteiger partial charge in [0.05, 0.1) is 17.5 Å². The monoisotopic (exact) mass is 230 g/mol. The van der Waals surface area contributed by atoms with Crippen molar-refractivity contribution in [1.29, 1.82) is 0 Å². The number of aromatic amines is 1. The normalized spacial score (nSPS) is 9.81. The Morgan fingerprint density at radius 1 is 1.56 bits per heavy atom. The Kier molecular flexibility index (Phi) is 3.28. The molecule has 0 aliphatic carbocycles. The highest BCUT2D eigenvalue weighted by atomic mass is 32.2. The highest BCUT2D eigenvalue weighted by molar-refractivity contribution is 8.13. The third-order valence-electron chi connectivity index (χ3n) is 2.02. The summed E-state index contributed by atoms with van der Waals surface area (Å²) in [5.41, 5.74) is 1.95. The largest absolute Gasteiger partial charge is 0.288 e. The van der Waals surface area contributed by atoms with Crippen LogP contribution in [0.2, 0.25) is 0 Å². The fraction of sp³-hybridized carbons (Fsp3) is 0.167. The Morgan fingerprint density at radius 3 is 3.25 bits per heavy atom. The minimum absolute atomic E-state index is 0.0968. The molecule has 1 N–H and O–H groups in total. The number of carbonyl (C=O) groups excluding carboxylic acids is 1. The van der Waals surface area contributed by atoms with Crippen molar-refractivity contribution in [3.05, 3.63) is 30.0 Å². The van der Waals surface area contributed by atoms with Crippen LogP contribution in [0, 0.1) is 11.8 Å². The lowest BCUT2D eigenvalue weighted by Gasteiger charge is -1.90. The topological polar surface area (TPSA) is 45.8 Å². The molecule has 0 saturated carbocycles. The van der Waals surface area contributed by atoms with E-state index in [2.05, 4.69) is 22.0 Å². The van der Waals surface area contributed by atoms with E-state index in [0.717, 1.165) is 16.5 Å². The van der Waals surface area contributed by atoms with Crippen molar-refractivity contribution in [2.45, 2.75) is 6.92 Å². The van der Waals surface area contributed by atoms with Crippen LogP contribution in [-0.4, -0.2) is 21.1 Å². The number of nitrogens with one attached hydrogen (secondary N) is 1. The number of thioether (sulfide) groups is 1. The molecular formula is C12H10N2OS. The minimum atomic E-state index is 0.0968. The first kappa shape index (κ1) is 10.8. The maximum absolute atomic E-state index is 10.7. The SMILES string of the molecule is CC(=O)SCC#Cc1ccc2[nH]ncc2c1. The van der Waals surface area contributed by atoms with Gasteiger partial charge in [-0.25, -0.2) is 0 Å². The van der Waals surface area contributed by atoms with Gasteiger partial charge in [0.1, 0.15) is 0 Å². The molecule has 4 heteroatoms. The number of hydrogen-bond donors (Lipinski definition) is 1. The highest BCUT2D eigenvalue weighted by Crippen LogP contribution is 2.11. The molecular weight excluding hydrogens is 220 g/mol. The zero-order valence-electron chi connectivity index (χ0n) is 8.78. The predicted octanol–water partition coefficient (Wildman–Crippen LogP) is 2.19. The number of fused-ring (bicyclic) bond motifs is 1. The van der Waals surface area contributed by atoms with Gasteiger partial charge in [0.2, 0.25) is 0 Å². The molecule has 1 aromatic heterocycles. The molecule has 0 atom stereocenters. The third-order valence-corrected chi connectivity index (χ3v) is 2.72. The average Bonchev–Trinajstić information content (AvgIpc) is 2.71. The molecule has 2 rings (SSSR count). The number of benzene rings is 1. The van der Waals surface area contributed by atoms with Crippen LogP contribution in [0.25, 0.3) is 10.9 Å². The first-order chi connectivity index (χ1) is 7.75. The molecule has 1 heterocycles. The van der Waals surface area contributed by atoms with Gasteiger partial charge in [0.25, 0.3) is 0 Å². The van der Waals surface area contributed by atoms with E-state index in [1.165, 1.54) is 11.8 Å². The number of H-pyrrole nitrogens is 1. The van der Waals surface area contributed by atoms with Gasteiger partial charge < -0.3 is 0 Å². The molecule has 2 aromatic rings. The van der Waals surface area contributed by atoms with Gasteiger partial charge >= 0.3 is 0 Å². The second-order valence-electron chi connectivity index (χ2n) is 3.25. The van der Waals surface area contributed by atoms with Crippen LogP contribution in [0.5, 0.6) is 0 Å². The van der Waals surface area contributed by atoms with E-state index in [0.29, 0.717) is 5.75 Å². The molecule has 0 unspecified atom stereocenters. The number of nitrogens with zero attached hydrogens (tertiary/aromatic N) is 1. The molecule has 0 bridgehead atoms. The summed E-state index contributed by atoms with van der Waals surface area (Å²) in [6.45, 7) is 1.55. The molecule has 0 saturated heterocycles. The Balaban J connectivity index is 2.11. The summed E-state index contributed by atoms with van der Waals surface area (Å²) >= 11 is 1.22. The van der Waals surface area contributed by atoms with E-state index in [1.54, 1.807) is 13.1 Å². The highest BCUT2D eigenvalue weighted by Gasteiger charge is 1.95. The van der Waals surface area contributed by atoms with E-state index in [-0.39, 0.29) is 5.12 Å². The Labute approximate surface area is 97.6 Å². The van der Waals surface area contributed by atoms with Crippen LogP contribution in [-0.2, 0) is 4.79 Å². The molecule has 0 aliphatic heterocycles. The maximum Gasteiger partial charge on any atom is 0.186 e. The van der Waals surface area contributed by atoms with Crippen LogP contribution in [0.1, 0.15) is 12.5 Å². The Morgan fingerprint density at radius 2 is 2.44 bits per heavy atom. The number of rotatable bonds is 1. The van der Waals surface area contributed by atoms with Crippen molar-refractivity contribution >= 4 is 27.8 Å². The van der Waals surface area contributed by atoms with Crippen molar-refractivity contribution in [3.8, 4) is 11.8 Å². The molecule has 0 aliphatic rings. The molecule has 16 heavy (non-hydrogen) atoms. The fourth-order valence-corrected chi connectivity index (χ4v) is 1.64. The van der Waals surface area contributed by atoms with Gasteiger partial charge in [-0.05, 0) is 18.2 Å². The summed E-state index contributed by atoms with van der Waals surface area (Å²) in [4.78, 5) is 10.7. The lowest BCUT2D eigenvalue weighted by Crippen LogP contribution is -1.82. The summed E-state index contributed by atoms with van der Waals surface area (Å²) in [6.07, 6.45) is 1.77. The second-order valence-corrected chi connectivity index (χ2v) is 4.41. The quantitative estimate of drug-likeness (QED) is 0.764. The van der Waals surface area contributed by atoms with Crippen LogP contribution >= 0.6 is 11.8 Å². The third kappa shape index (κ3) is 2.65. The zero-order valence-corrected chi connectivity index (χ0v) is 9.60. The standard InChI is InChI=1S/C12H10N2OS/c1-9(15)16-6-2-3-10-4-5-12-11(7-10)8-13-14-12/h4-5,7-8H,6H2,1H3,(H,13,14). The zero-order chi connectivity index (χ0) is 11.4. The molecule has 0 amide bonds.